The maximum absolute atomic E-state index is 11.0. The Bertz CT molecular complexity index is 484. The fourth-order valence-electron chi connectivity index (χ4n) is 2.03. The predicted molar refractivity (Wildman–Crippen MR) is 62.2 cm³/mol. The molecule has 1 aromatic heterocycles. The number of hydrogen-bond donors (Lipinski definition) is 1. The first kappa shape index (κ1) is 12.2. The molecule has 1 fully saturated rings. The summed E-state index contributed by atoms with van der Waals surface area (Å²) in [4.78, 5) is 16.2. The van der Waals surface area contributed by atoms with Gasteiger partial charge in [-0.05, 0) is 18.9 Å². The molecule has 0 aromatic carbocycles. The van der Waals surface area contributed by atoms with E-state index in [4.69, 9.17) is 15.1 Å². The smallest absolute Gasteiger partial charge is 0.407 e. The Balaban J connectivity index is 1.99. The highest BCUT2D eigenvalue weighted by molar-refractivity contribution is 5.65. The van der Waals surface area contributed by atoms with Gasteiger partial charge in [-0.15, -0.1) is 0 Å². The fraction of sp³-hybridized carbons (Fsp3) is 0.417. The second-order valence-electron chi connectivity index (χ2n) is 4.07. The van der Waals surface area contributed by atoms with E-state index in [1.54, 1.807) is 6.07 Å². The molecule has 1 aliphatic rings. The lowest BCUT2D eigenvalue weighted by Crippen LogP contribution is -2.38. The van der Waals surface area contributed by atoms with Gasteiger partial charge in [-0.1, -0.05) is 0 Å². The number of likely N-dealkylation sites (tertiary alicyclic amines) is 1. The molecule has 18 heavy (non-hydrogen) atoms. The minimum Gasteiger partial charge on any atom is -0.488 e. The third kappa shape index (κ3) is 2.51. The standard InChI is InChI=1S/C12H13N3O3/c13-6-9-3-4-14-7-11(9)18-8-10-2-1-5-15(10)12(16)17/h3-4,7,10H,1-2,5,8H2,(H,16,17)/t10-/m1/s1. The van der Waals surface area contributed by atoms with E-state index in [2.05, 4.69) is 4.98 Å². The van der Waals surface area contributed by atoms with Crippen LogP contribution in [0.5, 0.6) is 5.75 Å². The van der Waals surface area contributed by atoms with Crippen LogP contribution in [-0.4, -0.2) is 40.3 Å². The molecule has 1 amide bonds. The molecule has 94 valence electrons. The van der Waals surface area contributed by atoms with Crippen molar-refractivity contribution in [3.8, 4) is 11.8 Å². The van der Waals surface area contributed by atoms with Crippen LogP contribution in [0.2, 0.25) is 0 Å². The van der Waals surface area contributed by atoms with Gasteiger partial charge in [-0.2, -0.15) is 5.26 Å². The summed E-state index contributed by atoms with van der Waals surface area (Å²) >= 11 is 0. The summed E-state index contributed by atoms with van der Waals surface area (Å²) in [6, 6.07) is 3.43. The van der Waals surface area contributed by atoms with Gasteiger partial charge in [0.25, 0.3) is 0 Å². The van der Waals surface area contributed by atoms with Gasteiger partial charge < -0.3 is 14.7 Å². The largest absolute Gasteiger partial charge is 0.488 e. The Morgan fingerprint density at radius 3 is 3.28 bits per heavy atom. The van der Waals surface area contributed by atoms with Crippen LogP contribution in [0.1, 0.15) is 18.4 Å². The van der Waals surface area contributed by atoms with Crippen molar-refractivity contribution in [1.82, 2.24) is 9.88 Å². The molecule has 0 radical (unpaired) electrons. The molecule has 0 spiro atoms. The first-order chi connectivity index (χ1) is 8.72. The summed E-state index contributed by atoms with van der Waals surface area (Å²) < 4.78 is 5.50. The van der Waals surface area contributed by atoms with Crippen molar-refractivity contribution < 1.29 is 14.6 Å². The van der Waals surface area contributed by atoms with Crippen LogP contribution in [0, 0.1) is 11.3 Å². The van der Waals surface area contributed by atoms with Gasteiger partial charge in [0.05, 0.1) is 17.8 Å². The van der Waals surface area contributed by atoms with E-state index in [0.717, 1.165) is 12.8 Å². The van der Waals surface area contributed by atoms with E-state index in [-0.39, 0.29) is 12.6 Å². The number of rotatable bonds is 3. The number of amides is 1. The van der Waals surface area contributed by atoms with E-state index in [0.29, 0.717) is 17.9 Å². The Morgan fingerprint density at radius 1 is 1.72 bits per heavy atom. The van der Waals surface area contributed by atoms with Crippen LogP contribution in [-0.2, 0) is 0 Å². The van der Waals surface area contributed by atoms with Crippen molar-refractivity contribution >= 4 is 6.09 Å². The van der Waals surface area contributed by atoms with Crippen molar-refractivity contribution in [2.45, 2.75) is 18.9 Å². The van der Waals surface area contributed by atoms with Crippen molar-refractivity contribution in [3.05, 3.63) is 24.0 Å². The second-order valence-corrected chi connectivity index (χ2v) is 4.07. The number of ether oxygens (including phenoxy) is 1. The van der Waals surface area contributed by atoms with Crippen LogP contribution in [0.15, 0.2) is 18.5 Å². The molecule has 0 saturated carbocycles. The molecule has 2 heterocycles. The molecule has 1 aliphatic heterocycles. The number of aromatic nitrogens is 1. The first-order valence-electron chi connectivity index (χ1n) is 5.69. The Labute approximate surface area is 104 Å². The Morgan fingerprint density at radius 2 is 2.56 bits per heavy atom. The third-order valence-electron chi connectivity index (χ3n) is 2.96. The van der Waals surface area contributed by atoms with E-state index in [1.165, 1.54) is 17.3 Å². The molecule has 1 aromatic rings. The van der Waals surface area contributed by atoms with Crippen molar-refractivity contribution in [1.29, 1.82) is 5.26 Å². The summed E-state index contributed by atoms with van der Waals surface area (Å²) in [5, 5.41) is 17.9. The summed E-state index contributed by atoms with van der Waals surface area (Å²) in [5.41, 5.74) is 0.407. The van der Waals surface area contributed by atoms with Crippen molar-refractivity contribution in [3.63, 3.8) is 0 Å². The zero-order chi connectivity index (χ0) is 13.0. The monoisotopic (exact) mass is 247 g/mol. The molecular weight excluding hydrogens is 234 g/mol. The zero-order valence-electron chi connectivity index (χ0n) is 9.74. The normalized spacial score (nSPS) is 18.4. The Kier molecular flexibility index (Phi) is 3.63. The van der Waals surface area contributed by atoms with Crippen LogP contribution in [0.25, 0.3) is 0 Å². The number of carboxylic acid groups (broad SMARTS) is 1. The molecular formula is C12H13N3O3. The number of nitrogens with zero attached hydrogens (tertiary/aromatic N) is 3. The summed E-state index contributed by atoms with van der Waals surface area (Å²) in [7, 11) is 0. The molecule has 6 nitrogen and oxygen atoms in total. The number of pyridine rings is 1. The van der Waals surface area contributed by atoms with Gasteiger partial charge in [0, 0.05) is 12.7 Å². The number of nitriles is 1. The number of carbonyl (C=O) groups is 1. The average molecular weight is 247 g/mol. The third-order valence-corrected chi connectivity index (χ3v) is 2.96. The lowest BCUT2D eigenvalue weighted by molar-refractivity contribution is 0.123. The molecule has 1 atom stereocenters. The number of hydrogen-bond acceptors (Lipinski definition) is 4. The highest BCUT2D eigenvalue weighted by Gasteiger charge is 2.29. The maximum Gasteiger partial charge on any atom is 0.407 e. The van der Waals surface area contributed by atoms with Crippen LogP contribution < -0.4 is 4.74 Å². The van der Waals surface area contributed by atoms with E-state index < -0.39 is 6.09 Å². The molecule has 6 heteroatoms. The quantitative estimate of drug-likeness (QED) is 0.874. The first-order valence-corrected chi connectivity index (χ1v) is 5.69. The Hall–Kier alpha value is -2.29. The fourth-order valence-corrected chi connectivity index (χ4v) is 2.03. The molecule has 0 bridgehead atoms. The van der Waals surface area contributed by atoms with Crippen molar-refractivity contribution in [2.24, 2.45) is 0 Å². The van der Waals surface area contributed by atoms with Gasteiger partial charge in [0.15, 0.2) is 5.75 Å². The summed E-state index contributed by atoms with van der Waals surface area (Å²) in [6.07, 6.45) is 3.70. The second kappa shape index (κ2) is 5.36. The predicted octanol–water partition coefficient (Wildman–Crippen LogP) is 1.47. The van der Waals surface area contributed by atoms with E-state index in [1.807, 2.05) is 6.07 Å². The minimum absolute atomic E-state index is 0.144. The summed E-state index contributed by atoms with van der Waals surface area (Å²) in [5.74, 6) is 0.400. The van der Waals surface area contributed by atoms with Crippen LogP contribution >= 0.6 is 0 Å². The minimum atomic E-state index is -0.923. The zero-order valence-corrected chi connectivity index (χ0v) is 9.74. The highest BCUT2D eigenvalue weighted by Crippen LogP contribution is 2.20. The van der Waals surface area contributed by atoms with E-state index >= 15 is 0 Å². The van der Waals surface area contributed by atoms with Gasteiger partial charge in [-0.25, -0.2) is 4.79 Å². The highest BCUT2D eigenvalue weighted by atomic mass is 16.5. The molecule has 0 unspecified atom stereocenters. The average Bonchev–Trinajstić information content (AvgIpc) is 2.85. The van der Waals surface area contributed by atoms with Crippen LogP contribution in [0.4, 0.5) is 4.79 Å². The van der Waals surface area contributed by atoms with Gasteiger partial charge in [-0.3, -0.25) is 4.98 Å². The lowest BCUT2D eigenvalue weighted by Gasteiger charge is -2.21. The van der Waals surface area contributed by atoms with Crippen LogP contribution in [0.3, 0.4) is 0 Å². The molecule has 0 aliphatic carbocycles. The molecule has 1 N–H and O–H groups in total. The van der Waals surface area contributed by atoms with Gasteiger partial charge >= 0.3 is 6.09 Å². The van der Waals surface area contributed by atoms with E-state index in [9.17, 15) is 4.79 Å². The summed E-state index contributed by atoms with van der Waals surface area (Å²) in [6.45, 7) is 0.800. The van der Waals surface area contributed by atoms with Crippen molar-refractivity contribution in [2.75, 3.05) is 13.2 Å². The topological polar surface area (TPSA) is 86.5 Å². The molecule has 2 rings (SSSR count). The lowest BCUT2D eigenvalue weighted by atomic mass is 10.2. The van der Waals surface area contributed by atoms with Gasteiger partial charge in [0.2, 0.25) is 0 Å². The molecule has 1 saturated heterocycles. The maximum atomic E-state index is 11.0. The van der Waals surface area contributed by atoms with Gasteiger partial charge in [0.1, 0.15) is 12.7 Å². The SMILES string of the molecule is N#Cc1ccncc1OC[C@H]1CCCN1C(=O)O.